The van der Waals surface area contributed by atoms with Crippen LogP contribution in [0.2, 0.25) is 0 Å². The van der Waals surface area contributed by atoms with E-state index in [1.165, 1.54) is 12.8 Å². The van der Waals surface area contributed by atoms with Crippen LogP contribution in [0.15, 0.2) is 18.5 Å². The first-order valence-corrected chi connectivity index (χ1v) is 10.5. The van der Waals surface area contributed by atoms with E-state index >= 15 is 0 Å². The number of aromatic nitrogens is 4. The van der Waals surface area contributed by atoms with E-state index in [-0.39, 0.29) is 5.95 Å². The van der Waals surface area contributed by atoms with Crippen LogP contribution in [0.1, 0.15) is 33.1 Å². The Morgan fingerprint density at radius 2 is 2.00 bits per heavy atom. The Kier molecular flexibility index (Phi) is 3.47. The molecule has 4 aliphatic rings. The van der Waals surface area contributed by atoms with Gasteiger partial charge in [-0.05, 0) is 30.1 Å². The number of ether oxygens (including phenoxy) is 1. The lowest BCUT2D eigenvalue weighted by Gasteiger charge is -2.29. The Balaban J connectivity index is 1.38. The highest BCUT2D eigenvalue weighted by molar-refractivity contribution is 5.65. The van der Waals surface area contributed by atoms with Gasteiger partial charge in [0, 0.05) is 43.7 Å². The molecule has 2 N–H and O–H groups in total. The van der Waals surface area contributed by atoms with Crippen molar-refractivity contribution < 1.29 is 4.74 Å². The molecule has 8 nitrogen and oxygen atoms in total. The number of hydrogen-bond acceptors (Lipinski definition) is 8. The molecule has 1 spiro atoms. The van der Waals surface area contributed by atoms with E-state index in [2.05, 4.69) is 39.7 Å². The summed E-state index contributed by atoms with van der Waals surface area (Å²) in [6, 6.07) is 2.47. The maximum absolute atomic E-state index is 5.79. The largest absolute Gasteiger partial charge is 0.374 e. The maximum Gasteiger partial charge on any atom is 0.227 e. The monoisotopic (exact) mass is 393 g/mol. The first kappa shape index (κ1) is 17.4. The van der Waals surface area contributed by atoms with Crippen LogP contribution in [-0.4, -0.2) is 58.3 Å². The number of morpholine rings is 1. The van der Waals surface area contributed by atoms with Crippen LogP contribution in [0, 0.1) is 10.8 Å². The second-order valence-electron chi connectivity index (χ2n) is 9.75. The number of nitrogens with zero attached hydrogens (tertiary/aromatic N) is 6. The molecule has 29 heavy (non-hydrogen) atoms. The summed E-state index contributed by atoms with van der Waals surface area (Å²) in [6.45, 7) is 8.49. The zero-order valence-electron chi connectivity index (χ0n) is 17.0. The number of fused-ring (bicyclic) bond motifs is 2. The zero-order valence-corrected chi connectivity index (χ0v) is 17.0. The van der Waals surface area contributed by atoms with Crippen LogP contribution in [0.4, 0.5) is 17.7 Å². The van der Waals surface area contributed by atoms with Crippen molar-refractivity contribution in [3.63, 3.8) is 0 Å². The number of nitrogens with two attached hydrogens (primary N) is 1. The normalized spacial score (nSPS) is 31.8. The van der Waals surface area contributed by atoms with Crippen LogP contribution in [0.5, 0.6) is 0 Å². The lowest BCUT2D eigenvalue weighted by Crippen LogP contribution is -2.38. The minimum atomic E-state index is 0.273. The summed E-state index contributed by atoms with van der Waals surface area (Å²) in [6.07, 6.45) is 7.41. The molecule has 152 valence electrons. The molecule has 5 heterocycles. The molecular formula is C21H27N7O. The van der Waals surface area contributed by atoms with Crippen molar-refractivity contribution in [3.05, 3.63) is 18.5 Å². The maximum atomic E-state index is 5.79. The number of hydrogen-bond donors (Lipinski definition) is 1. The van der Waals surface area contributed by atoms with Gasteiger partial charge >= 0.3 is 0 Å². The van der Waals surface area contributed by atoms with Crippen molar-refractivity contribution in [2.75, 3.05) is 41.8 Å². The van der Waals surface area contributed by atoms with Gasteiger partial charge in [-0.25, -0.2) is 15.0 Å². The molecule has 1 aliphatic carbocycles. The van der Waals surface area contributed by atoms with E-state index < -0.39 is 0 Å². The summed E-state index contributed by atoms with van der Waals surface area (Å²) in [5.41, 5.74) is 8.26. The second kappa shape index (κ2) is 5.78. The Morgan fingerprint density at radius 3 is 2.62 bits per heavy atom. The van der Waals surface area contributed by atoms with Gasteiger partial charge in [0.2, 0.25) is 11.9 Å². The van der Waals surface area contributed by atoms with Crippen molar-refractivity contribution >= 4 is 17.7 Å². The van der Waals surface area contributed by atoms with E-state index in [1.54, 1.807) is 12.4 Å². The van der Waals surface area contributed by atoms with Gasteiger partial charge in [-0.15, -0.1) is 0 Å². The number of nitrogen functional groups attached to an aromatic ring is 1. The molecule has 3 aliphatic heterocycles. The second-order valence-corrected chi connectivity index (χ2v) is 9.75. The fraction of sp³-hybridized carbons (Fsp3) is 0.619. The quantitative estimate of drug-likeness (QED) is 0.848. The van der Waals surface area contributed by atoms with E-state index in [1.807, 2.05) is 0 Å². The summed E-state index contributed by atoms with van der Waals surface area (Å²) >= 11 is 0. The van der Waals surface area contributed by atoms with Gasteiger partial charge < -0.3 is 20.3 Å². The molecule has 2 aromatic heterocycles. The standard InChI is InChI=1S/C21H27N7O/c1-20(2)11-21(20)3-4-27(12-21)19-25-16(13-7-23-18(22)24-8-13)6-17(26-19)28-9-15-5-14(28)10-29-15/h6-8,14-15H,3-5,9-12H2,1-2H3,(H2,22,23,24)/t14-,15-,21?/m0/s1. The van der Waals surface area contributed by atoms with Crippen molar-refractivity contribution in [1.29, 1.82) is 0 Å². The average molecular weight is 393 g/mol. The molecule has 0 amide bonds. The van der Waals surface area contributed by atoms with Gasteiger partial charge in [-0.2, -0.15) is 4.98 Å². The summed E-state index contributed by atoms with van der Waals surface area (Å²) in [5, 5.41) is 0. The summed E-state index contributed by atoms with van der Waals surface area (Å²) in [7, 11) is 0. The Hall–Kier alpha value is -2.48. The smallest absolute Gasteiger partial charge is 0.227 e. The lowest BCUT2D eigenvalue weighted by atomic mass is 9.95. The molecule has 3 atom stereocenters. The first-order chi connectivity index (χ1) is 13.9. The third-order valence-electron chi connectivity index (χ3n) is 7.59. The minimum absolute atomic E-state index is 0.273. The fourth-order valence-electron chi connectivity index (χ4n) is 5.55. The van der Waals surface area contributed by atoms with Crippen molar-refractivity contribution in [2.45, 2.75) is 45.3 Å². The third kappa shape index (κ3) is 2.68. The highest BCUT2D eigenvalue weighted by Gasteiger charge is 2.63. The van der Waals surface area contributed by atoms with E-state index in [0.29, 0.717) is 23.0 Å². The molecule has 8 heteroatoms. The minimum Gasteiger partial charge on any atom is -0.374 e. The average Bonchev–Trinajstić information content (AvgIpc) is 3.22. The zero-order chi connectivity index (χ0) is 19.8. The summed E-state index contributed by atoms with van der Waals surface area (Å²) in [5.74, 6) is 2.07. The Morgan fingerprint density at radius 1 is 1.21 bits per heavy atom. The topological polar surface area (TPSA) is 93.3 Å². The molecule has 2 aromatic rings. The summed E-state index contributed by atoms with van der Waals surface area (Å²) < 4.78 is 5.79. The number of anilines is 3. The fourth-order valence-corrected chi connectivity index (χ4v) is 5.55. The van der Waals surface area contributed by atoms with Gasteiger partial charge in [-0.1, -0.05) is 13.8 Å². The molecule has 6 rings (SSSR count). The van der Waals surface area contributed by atoms with Crippen LogP contribution >= 0.6 is 0 Å². The lowest BCUT2D eigenvalue weighted by molar-refractivity contribution is 0.0989. The van der Waals surface area contributed by atoms with Crippen LogP contribution in [-0.2, 0) is 4.74 Å². The molecule has 3 saturated heterocycles. The predicted octanol–water partition coefficient (Wildman–Crippen LogP) is 2.12. The molecule has 1 unspecified atom stereocenters. The van der Waals surface area contributed by atoms with Gasteiger partial charge in [0.25, 0.3) is 0 Å². The van der Waals surface area contributed by atoms with Crippen LogP contribution < -0.4 is 15.5 Å². The van der Waals surface area contributed by atoms with Crippen molar-refractivity contribution in [1.82, 2.24) is 19.9 Å². The predicted molar refractivity (Wildman–Crippen MR) is 111 cm³/mol. The Bertz CT molecular complexity index is 962. The summed E-state index contributed by atoms with van der Waals surface area (Å²) in [4.78, 5) is 23.0. The van der Waals surface area contributed by atoms with Crippen molar-refractivity contribution in [3.8, 4) is 11.3 Å². The third-order valence-corrected chi connectivity index (χ3v) is 7.59. The van der Waals surface area contributed by atoms with E-state index in [0.717, 1.165) is 55.7 Å². The van der Waals surface area contributed by atoms with Gasteiger partial charge in [-0.3, -0.25) is 0 Å². The van der Waals surface area contributed by atoms with Crippen molar-refractivity contribution in [2.24, 2.45) is 10.8 Å². The van der Waals surface area contributed by atoms with Crippen LogP contribution in [0.25, 0.3) is 11.3 Å². The molecule has 2 bridgehead atoms. The van der Waals surface area contributed by atoms with Crippen LogP contribution in [0.3, 0.4) is 0 Å². The first-order valence-electron chi connectivity index (χ1n) is 10.5. The Labute approximate surface area is 170 Å². The van der Waals surface area contributed by atoms with E-state index in [9.17, 15) is 0 Å². The highest BCUT2D eigenvalue weighted by atomic mass is 16.5. The van der Waals surface area contributed by atoms with Gasteiger partial charge in [0.1, 0.15) is 5.82 Å². The molecule has 0 aromatic carbocycles. The molecular weight excluding hydrogens is 366 g/mol. The molecule has 4 fully saturated rings. The highest BCUT2D eigenvalue weighted by Crippen LogP contribution is 2.67. The molecule has 0 radical (unpaired) electrons. The molecule has 1 saturated carbocycles. The number of rotatable bonds is 3. The van der Waals surface area contributed by atoms with Gasteiger partial charge in [0.15, 0.2) is 0 Å². The van der Waals surface area contributed by atoms with Gasteiger partial charge in [0.05, 0.1) is 24.4 Å². The SMILES string of the molecule is CC1(C)CC12CCN(c1nc(-c3cnc(N)nc3)cc(N3C[C@@H]4C[C@H]3CO4)n1)C2. The van der Waals surface area contributed by atoms with E-state index in [4.69, 9.17) is 20.4 Å².